The molecule has 1 aliphatic carbocycles. The molecule has 2 atom stereocenters. The van der Waals surface area contributed by atoms with Crippen LogP contribution in [-0.4, -0.2) is 37.3 Å². The number of para-hydroxylation sites is 2. The fourth-order valence-electron chi connectivity index (χ4n) is 2.82. The lowest BCUT2D eigenvalue weighted by atomic mass is 9.87. The Morgan fingerprint density at radius 1 is 1.30 bits per heavy atom. The normalized spacial score (nSPS) is 19.3. The van der Waals surface area contributed by atoms with Gasteiger partial charge in [0.25, 0.3) is 5.91 Å². The molecule has 7 heteroatoms. The molecule has 1 aliphatic heterocycles. The van der Waals surface area contributed by atoms with Gasteiger partial charge in [-0.3, -0.25) is 9.59 Å². The van der Waals surface area contributed by atoms with Crippen molar-refractivity contribution in [2.45, 2.75) is 13.0 Å². The van der Waals surface area contributed by atoms with Crippen molar-refractivity contribution in [1.82, 2.24) is 5.32 Å². The van der Waals surface area contributed by atoms with E-state index >= 15 is 0 Å². The number of hydrogen-bond donors (Lipinski definition) is 1. The first-order chi connectivity index (χ1) is 13.0. The van der Waals surface area contributed by atoms with E-state index in [0.717, 1.165) is 6.08 Å². The fraction of sp³-hybridized carbons (Fsp3) is 0.250. The molecule has 2 unspecified atom stereocenters. The van der Waals surface area contributed by atoms with Gasteiger partial charge in [-0.2, -0.15) is 0 Å². The first kappa shape index (κ1) is 18.6. The van der Waals surface area contributed by atoms with Gasteiger partial charge in [0, 0.05) is 11.6 Å². The van der Waals surface area contributed by atoms with Gasteiger partial charge in [0.1, 0.15) is 12.4 Å². The lowest BCUT2D eigenvalue weighted by Gasteiger charge is -2.23. The highest BCUT2D eigenvalue weighted by Gasteiger charge is 2.30. The third-order valence-electron chi connectivity index (χ3n) is 4.10. The zero-order valence-electron chi connectivity index (χ0n) is 14.9. The van der Waals surface area contributed by atoms with E-state index in [-0.39, 0.29) is 23.9 Å². The van der Waals surface area contributed by atoms with Gasteiger partial charge in [-0.15, -0.1) is 0 Å². The molecule has 0 saturated carbocycles. The lowest BCUT2D eigenvalue weighted by Crippen LogP contribution is -2.40. The van der Waals surface area contributed by atoms with Crippen LogP contribution in [0.2, 0.25) is 0 Å². The maximum Gasteiger partial charge on any atom is 0.270 e. The minimum atomic E-state index is -0.580. The Morgan fingerprint density at radius 3 is 2.78 bits per heavy atom. The predicted octanol–water partition coefficient (Wildman–Crippen LogP) is 2.53. The van der Waals surface area contributed by atoms with Crippen LogP contribution in [0, 0.1) is 5.92 Å². The number of nitrogens with one attached hydrogen (secondary N) is 1. The number of benzene rings is 1. The van der Waals surface area contributed by atoms with E-state index in [9.17, 15) is 14.0 Å². The van der Waals surface area contributed by atoms with Crippen LogP contribution in [-0.2, 0) is 9.59 Å². The molecule has 1 heterocycles. The molecule has 2 amide bonds. The number of dihydropyridines is 1. The Hall–Kier alpha value is -3.22. The summed E-state index contributed by atoms with van der Waals surface area (Å²) in [6, 6.07) is 6.87. The van der Waals surface area contributed by atoms with Crippen molar-refractivity contribution >= 4 is 17.5 Å². The number of amides is 2. The van der Waals surface area contributed by atoms with Crippen LogP contribution in [0.5, 0.6) is 11.5 Å². The number of rotatable bonds is 6. The van der Waals surface area contributed by atoms with Crippen molar-refractivity contribution < 1.29 is 23.5 Å². The SMILES string of the molecule is COc1ccccc1OCC(C)NC(=O)C1=CC(=O)N=C2C=C(F)C=CC12. The number of allylic oxidation sites excluding steroid dienone is 4. The van der Waals surface area contributed by atoms with Gasteiger partial charge in [-0.1, -0.05) is 18.2 Å². The van der Waals surface area contributed by atoms with Crippen LogP contribution in [0.4, 0.5) is 4.39 Å². The topological polar surface area (TPSA) is 77.0 Å². The van der Waals surface area contributed by atoms with E-state index in [2.05, 4.69) is 10.3 Å². The maximum absolute atomic E-state index is 13.4. The average Bonchev–Trinajstić information content (AvgIpc) is 2.65. The molecule has 0 spiro atoms. The minimum Gasteiger partial charge on any atom is -0.493 e. The molecule has 27 heavy (non-hydrogen) atoms. The monoisotopic (exact) mass is 370 g/mol. The Morgan fingerprint density at radius 2 is 2.04 bits per heavy atom. The molecule has 140 valence electrons. The van der Waals surface area contributed by atoms with E-state index in [1.165, 1.54) is 18.2 Å². The number of carbonyl (C=O) groups excluding carboxylic acids is 2. The van der Waals surface area contributed by atoms with Crippen molar-refractivity contribution in [2.75, 3.05) is 13.7 Å². The van der Waals surface area contributed by atoms with E-state index in [0.29, 0.717) is 11.5 Å². The molecule has 1 N–H and O–H groups in total. The summed E-state index contributed by atoms with van der Waals surface area (Å²) in [5.41, 5.74) is 0.458. The molecule has 1 aromatic carbocycles. The third kappa shape index (κ3) is 4.31. The van der Waals surface area contributed by atoms with Crippen molar-refractivity contribution in [3.63, 3.8) is 0 Å². The highest BCUT2D eigenvalue weighted by atomic mass is 19.1. The third-order valence-corrected chi connectivity index (χ3v) is 4.10. The van der Waals surface area contributed by atoms with Gasteiger partial charge in [0.05, 0.1) is 24.8 Å². The molecule has 0 bridgehead atoms. The van der Waals surface area contributed by atoms with Crippen LogP contribution in [0.25, 0.3) is 0 Å². The zero-order chi connectivity index (χ0) is 19.4. The van der Waals surface area contributed by atoms with Crippen LogP contribution < -0.4 is 14.8 Å². The van der Waals surface area contributed by atoms with Crippen molar-refractivity contribution in [2.24, 2.45) is 10.9 Å². The zero-order valence-corrected chi connectivity index (χ0v) is 14.9. The smallest absolute Gasteiger partial charge is 0.270 e. The molecule has 0 radical (unpaired) electrons. The summed E-state index contributed by atoms with van der Waals surface area (Å²) in [5.74, 6) is -0.875. The first-order valence-corrected chi connectivity index (χ1v) is 8.44. The van der Waals surface area contributed by atoms with Gasteiger partial charge in [0.15, 0.2) is 11.5 Å². The van der Waals surface area contributed by atoms with E-state index < -0.39 is 23.6 Å². The molecule has 6 nitrogen and oxygen atoms in total. The molecule has 0 saturated heterocycles. The van der Waals surface area contributed by atoms with E-state index in [4.69, 9.17) is 9.47 Å². The average molecular weight is 370 g/mol. The lowest BCUT2D eigenvalue weighted by molar-refractivity contribution is -0.119. The molecular weight excluding hydrogens is 351 g/mol. The first-order valence-electron chi connectivity index (χ1n) is 8.44. The van der Waals surface area contributed by atoms with Gasteiger partial charge in [-0.25, -0.2) is 9.38 Å². The molecule has 0 fully saturated rings. The number of nitrogens with zero attached hydrogens (tertiary/aromatic N) is 1. The number of ether oxygens (including phenoxy) is 2. The van der Waals surface area contributed by atoms with Crippen molar-refractivity contribution in [3.8, 4) is 11.5 Å². The number of aliphatic imine (C=N–C) groups is 1. The Labute approximate surface area is 156 Å². The van der Waals surface area contributed by atoms with Crippen LogP contribution >= 0.6 is 0 Å². The molecule has 0 aromatic heterocycles. The number of hydrogen-bond acceptors (Lipinski definition) is 4. The van der Waals surface area contributed by atoms with E-state index in [1.54, 1.807) is 26.2 Å². The Bertz CT molecular complexity index is 886. The van der Waals surface area contributed by atoms with Gasteiger partial charge >= 0.3 is 0 Å². The number of halogens is 1. The van der Waals surface area contributed by atoms with Crippen molar-refractivity contribution in [1.29, 1.82) is 0 Å². The molecule has 1 aromatic rings. The largest absolute Gasteiger partial charge is 0.493 e. The minimum absolute atomic E-state index is 0.212. The Kier molecular flexibility index (Phi) is 5.49. The van der Waals surface area contributed by atoms with Crippen LogP contribution in [0.15, 0.2) is 65.0 Å². The second-order valence-electron chi connectivity index (χ2n) is 6.18. The number of methoxy groups -OCH3 is 1. The molecule has 2 aliphatic rings. The van der Waals surface area contributed by atoms with Crippen LogP contribution in [0.1, 0.15) is 6.92 Å². The quantitative estimate of drug-likeness (QED) is 0.835. The highest BCUT2D eigenvalue weighted by Crippen LogP contribution is 2.27. The summed E-state index contributed by atoms with van der Waals surface area (Å²) >= 11 is 0. The van der Waals surface area contributed by atoms with E-state index in [1.807, 2.05) is 12.1 Å². The van der Waals surface area contributed by atoms with Crippen molar-refractivity contribution in [3.05, 3.63) is 60.0 Å². The summed E-state index contributed by atoms with van der Waals surface area (Å²) in [6.45, 7) is 1.99. The summed E-state index contributed by atoms with van der Waals surface area (Å²) in [5, 5.41) is 2.79. The molecule has 3 rings (SSSR count). The summed E-state index contributed by atoms with van der Waals surface area (Å²) in [7, 11) is 1.55. The fourth-order valence-corrected chi connectivity index (χ4v) is 2.82. The standard InChI is InChI=1S/C20H19FN2O4/c1-12(11-27-18-6-4-3-5-17(18)26-2)22-20(25)15-10-19(24)23-16-9-13(21)7-8-14(15)16/h3-10,12,14H,11H2,1-2H3,(H,22,25). The predicted molar refractivity (Wildman–Crippen MR) is 98.4 cm³/mol. The van der Waals surface area contributed by atoms with Gasteiger partial charge < -0.3 is 14.8 Å². The summed E-state index contributed by atoms with van der Waals surface area (Å²) < 4.78 is 24.3. The number of carbonyl (C=O) groups is 2. The second-order valence-corrected chi connectivity index (χ2v) is 6.18. The summed E-state index contributed by atoms with van der Waals surface area (Å²) in [4.78, 5) is 28.1. The number of fused-ring (bicyclic) bond motifs is 1. The van der Waals surface area contributed by atoms with Gasteiger partial charge in [-0.05, 0) is 31.2 Å². The second kappa shape index (κ2) is 7.99. The summed E-state index contributed by atoms with van der Waals surface area (Å²) in [6.07, 6.45) is 5.12. The van der Waals surface area contributed by atoms with Crippen LogP contribution in [0.3, 0.4) is 0 Å². The maximum atomic E-state index is 13.4. The highest BCUT2D eigenvalue weighted by molar-refractivity contribution is 6.18. The molecular formula is C20H19FN2O4. The Balaban J connectivity index is 1.63. The van der Waals surface area contributed by atoms with Gasteiger partial charge in [0.2, 0.25) is 5.91 Å².